The molecule has 1 fully saturated rings. The minimum absolute atomic E-state index is 0.0508. The summed E-state index contributed by atoms with van der Waals surface area (Å²) in [7, 11) is -3.55. The fraction of sp³-hybridized carbons (Fsp3) is 0.400. The predicted octanol–water partition coefficient (Wildman–Crippen LogP) is 1.63. The third-order valence-corrected chi connectivity index (χ3v) is 6.00. The molecular weight excluding hydrogens is 288 g/mol. The molecule has 1 aliphatic heterocycles. The first-order valence-corrected chi connectivity index (χ1v) is 8.45. The molecule has 0 bridgehead atoms. The van der Waals surface area contributed by atoms with E-state index in [0.717, 1.165) is 5.39 Å². The molecule has 0 aliphatic carbocycles. The number of pyridine rings is 1. The Morgan fingerprint density at radius 1 is 1.33 bits per heavy atom. The molecule has 2 unspecified atom stereocenters. The van der Waals surface area contributed by atoms with Crippen molar-refractivity contribution >= 4 is 20.8 Å². The standard InChI is InChI=1S/C15H18N2O3S/c1-11-10-17(8-6-14(11)18)21(19,20)15-4-2-3-12-9-16-7-5-13(12)15/h2-5,7,9,11,14,18H,6,8,10H2,1H3. The van der Waals surface area contributed by atoms with Crippen LogP contribution in [-0.4, -0.2) is 42.0 Å². The molecule has 2 atom stereocenters. The van der Waals surface area contributed by atoms with Gasteiger partial charge < -0.3 is 5.11 Å². The first kappa shape index (κ1) is 14.4. The van der Waals surface area contributed by atoms with Crippen LogP contribution in [0.15, 0.2) is 41.6 Å². The Morgan fingerprint density at radius 3 is 2.90 bits per heavy atom. The second-order valence-corrected chi connectivity index (χ2v) is 7.46. The Morgan fingerprint density at radius 2 is 2.14 bits per heavy atom. The zero-order valence-corrected chi connectivity index (χ0v) is 12.6. The van der Waals surface area contributed by atoms with Crippen molar-refractivity contribution in [3.05, 3.63) is 36.7 Å². The van der Waals surface area contributed by atoms with Crippen molar-refractivity contribution < 1.29 is 13.5 Å². The maximum Gasteiger partial charge on any atom is 0.243 e. The highest BCUT2D eigenvalue weighted by Gasteiger charge is 2.33. The van der Waals surface area contributed by atoms with Gasteiger partial charge in [0.2, 0.25) is 10.0 Å². The number of sulfonamides is 1. The molecular formula is C15H18N2O3S. The van der Waals surface area contributed by atoms with E-state index >= 15 is 0 Å². The fourth-order valence-electron chi connectivity index (χ4n) is 2.77. The fourth-order valence-corrected chi connectivity index (χ4v) is 4.54. The lowest BCUT2D eigenvalue weighted by Crippen LogP contribution is -2.44. The van der Waals surface area contributed by atoms with Crippen molar-refractivity contribution in [1.82, 2.24) is 9.29 Å². The van der Waals surface area contributed by atoms with Crippen LogP contribution < -0.4 is 0 Å². The van der Waals surface area contributed by atoms with Gasteiger partial charge in [-0.2, -0.15) is 4.31 Å². The van der Waals surface area contributed by atoms with Crippen LogP contribution in [0.2, 0.25) is 0 Å². The van der Waals surface area contributed by atoms with Gasteiger partial charge in [-0.05, 0) is 24.5 Å². The summed E-state index contributed by atoms with van der Waals surface area (Å²) >= 11 is 0. The number of piperidine rings is 1. The van der Waals surface area contributed by atoms with Gasteiger partial charge in [0.15, 0.2) is 0 Å². The van der Waals surface area contributed by atoms with E-state index in [1.54, 1.807) is 30.6 Å². The number of hydrogen-bond donors (Lipinski definition) is 1. The summed E-state index contributed by atoms with van der Waals surface area (Å²) in [6, 6.07) is 6.95. The summed E-state index contributed by atoms with van der Waals surface area (Å²) in [5, 5.41) is 11.3. The van der Waals surface area contributed by atoms with Gasteiger partial charge in [-0.3, -0.25) is 4.98 Å². The molecule has 0 saturated carbocycles. The van der Waals surface area contributed by atoms with Crippen molar-refractivity contribution in [1.29, 1.82) is 0 Å². The van der Waals surface area contributed by atoms with Crippen molar-refractivity contribution in [2.24, 2.45) is 5.92 Å². The number of fused-ring (bicyclic) bond motifs is 1. The molecule has 1 aromatic carbocycles. The number of rotatable bonds is 2. The molecule has 0 amide bonds. The van der Waals surface area contributed by atoms with E-state index in [1.165, 1.54) is 4.31 Å². The molecule has 0 spiro atoms. The van der Waals surface area contributed by atoms with E-state index in [1.807, 2.05) is 13.0 Å². The monoisotopic (exact) mass is 306 g/mol. The van der Waals surface area contributed by atoms with E-state index in [9.17, 15) is 13.5 Å². The summed E-state index contributed by atoms with van der Waals surface area (Å²) in [4.78, 5) is 4.34. The van der Waals surface area contributed by atoms with Crippen LogP contribution in [0.5, 0.6) is 0 Å². The minimum atomic E-state index is -3.55. The lowest BCUT2D eigenvalue weighted by atomic mass is 9.99. The molecule has 1 N–H and O–H groups in total. The van der Waals surface area contributed by atoms with Gasteiger partial charge in [0.05, 0.1) is 11.0 Å². The first-order valence-electron chi connectivity index (χ1n) is 7.01. The highest BCUT2D eigenvalue weighted by atomic mass is 32.2. The summed E-state index contributed by atoms with van der Waals surface area (Å²) in [6.45, 7) is 2.58. The Hall–Kier alpha value is -1.50. The van der Waals surface area contributed by atoms with E-state index < -0.39 is 16.1 Å². The third-order valence-electron chi connectivity index (χ3n) is 4.08. The Kier molecular flexibility index (Phi) is 3.69. The maximum absolute atomic E-state index is 12.9. The van der Waals surface area contributed by atoms with Gasteiger partial charge >= 0.3 is 0 Å². The lowest BCUT2D eigenvalue weighted by molar-refractivity contribution is 0.0629. The third kappa shape index (κ3) is 2.54. The van der Waals surface area contributed by atoms with Crippen LogP contribution in [0.3, 0.4) is 0 Å². The lowest BCUT2D eigenvalue weighted by Gasteiger charge is -2.33. The zero-order valence-electron chi connectivity index (χ0n) is 11.8. The van der Waals surface area contributed by atoms with Crippen LogP contribution in [0, 0.1) is 5.92 Å². The number of nitrogens with zero attached hydrogens (tertiary/aromatic N) is 2. The molecule has 1 aliphatic rings. The van der Waals surface area contributed by atoms with Crippen molar-refractivity contribution in [3.63, 3.8) is 0 Å². The predicted molar refractivity (Wildman–Crippen MR) is 80.3 cm³/mol. The van der Waals surface area contributed by atoms with Crippen LogP contribution in [-0.2, 0) is 10.0 Å². The summed E-state index contributed by atoms with van der Waals surface area (Å²) in [6.07, 6.45) is 3.32. The molecule has 2 aromatic rings. The highest BCUT2D eigenvalue weighted by molar-refractivity contribution is 7.89. The van der Waals surface area contributed by atoms with Crippen molar-refractivity contribution in [3.8, 4) is 0 Å². The van der Waals surface area contributed by atoms with E-state index in [0.29, 0.717) is 29.8 Å². The second kappa shape index (κ2) is 5.36. The summed E-state index contributed by atoms with van der Waals surface area (Å²) < 4.78 is 27.2. The summed E-state index contributed by atoms with van der Waals surface area (Å²) in [5.74, 6) is -0.0508. The van der Waals surface area contributed by atoms with Gasteiger partial charge in [0.25, 0.3) is 0 Å². The van der Waals surface area contributed by atoms with Crippen molar-refractivity contribution in [2.45, 2.75) is 24.3 Å². The summed E-state index contributed by atoms with van der Waals surface area (Å²) in [5.41, 5.74) is 0. The number of aliphatic hydroxyl groups is 1. The van der Waals surface area contributed by atoms with Gasteiger partial charge in [-0.1, -0.05) is 19.1 Å². The van der Waals surface area contributed by atoms with Gasteiger partial charge in [-0.25, -0.2) is 8.42 Å². The average molecular weight is 306 g/mol. The second-order valence-electron chi connectivity index (χ2n) is 5.55. The Labute approximate surface area is 124 Å². The zero-order chi connectivity index (χ0) is 15.0. The van der Waals surface area contributed by atoms with Crippen LogP contribution in [0.4, 0.5) is 0 Å². The number of benzene rings is 1. The smallest absolute Gasteiger partial charge is 0.243 e. The average Bonchev–Trinajstić information content (AvgIpc) is 2.49. The number of hydrogen-bond acceptors (Lipinski definition) is 4. The topological polar surface area (TPSA) is 70.5 Å². The van der Waals surface area contributed by atoms with Crippen LogP contribution in [0.25, 0.3) is 10.8 Å². The molecule has 1 aromatic heterocycles. The molecule has 0 radical (unpaired) electrons. The maximum atomic E-state index is 12.9. The van der Waals surface area contributed by atoms with Crippen molar-refractivity contribution in [2.75, 3.05) is 13.1 Å². The quantitative estimate of drug-likeness (QED) is 0.915. The molecule has 2 heterocycles. The van der Waals surface area contributed by atoms with Gasteiger partial charge in [0, 0.05) is 36.3 Å². The number of aliphatic hydroxyl groups excluding tert-OH is 1. The largest absolute Gasteiger partial charge is 0.393 e. The van der Waals surface area contributed by atoms with Gasteiger partial charge in [0.1, 0.15) is 0 Å². The molecule has 1 saturated heterocycles. The molecule has 21 heavy (non-hydrogen) atoms. The minimum Gasteiger partial charge on any atom is -0.393 e. The van der Waals surface area contributed by atoms with E-state index in [-0.39, 0.29) is 5.92 Å². The normalized spacial score (nSPS) is 24.3. The molecule has 5 nitrogen and oxygen atoms in total. The van der Waals surface area contributed by atoms with Gasteiger partial charge in [-0.15, -0.1) is 0 Å². The highest BCUT2D eigenvalue weighted by Crippen LogP contribution is 2.28. The van der Waals surface area contributed by atoms with Crippen LogP contribution in [0.1, 0.15) is 13.3 Å². The van der Waals surface area contributed by atoms with E-state index in [4.69, 9.17) is 0 Å². The first-order chi connectivity index (χ1) is 10.00. The number of aromatic nitrogens is 1. The molecule has 3 rings (SSSR count). The Balaban J connectivity index is 2.05. The van der Waals surface area contributed by atoms with Crippen LogP contribution >= 0.6 is 0 Å². The Bertz CT molecular complexity index is 755. The molecule has 6 heteroatoms. The SMILES string of the molecule is CC1CN(S(=O)(=O)c2cccc3cnccc23)CCC1O. The molecule has 112 valence electrons. The van der Waals surface area contributed by atoms with E-state index in [2.05, 4.69) is 4.98 Å².